The lowest BCUT2D eigenvalue weighted by atomic mass is 10.0. The van der Waals surface area contributed by atoms with Gasteiger partial charge in [-0.15, -0.1) is 10.2 Å². The van der Waals surface area contributed by atoms with Gasteiger partial charge in [0.2, 0.25) is 0 Å². The van der Waals surface area contributed by atoms with Gasteiger partial charge in [0.25, 0.3) is 0 Å². The molecule has 1 aliphatic heterocycles. The number of nitrogens with zero attached hydrogens (tertiary/aromatic N) is 3. The lowest BCUT2D eigenvalue weighted by Crippen LogP contribution is -2.28. The van der Waals surface area contributed by atoms with Gasteiger partial charge in [0.1, 0.15) is 11.6 Å². The van der Waals surface area contributed by atoms with E-state index in [0.717, 1.165) is 22.7 Å². The molecule has 0 spiro atoms. The maximum absolute atomic E-state index is 14.9. The van der Waals surface area contributed by atoms with Crippen LogP contribution in [0, 0.1) is 5.82 Å². The molecule has 0 aliphatic carbocycles. The summed E-state index contributed by atoms with van der Waals surface area (Å²) < 4.78 is 16.6. The van der Waals surface area contributed by atoms with Crippen molar-refractivity contribution in [2.75, 3.05) is 12.4 Å². The van der Waals surface area contributed by atoms with Crippen molar-refractivity contribution in [3.8, 4) is 22.5 Å². The maximum Gasteiger partial charge on any atom is 0.166 e. The number of hydrogen-bond donors (Lipinski definition) is 1. The fraction of sp³-hybridized carbons (Fsp3) is 0.300. The Morgan fingerprint density at radius 1 is 1.22 bits per heavy atom. The monoisotopic (exact) mass is 403 g/mol. The molecule has 27 heavy (non-hydrogen) atoms. The predicted molar refractivity (Wildman–Crippen MR) is 108 cm³/mol. The number of aliphatic hydroxyl groups is 1. The molecule has 7 heteroatoms. The summed E-state index contributed by atoms with van der Waals surface area (Å²) in [7, 11) is 0. The lowest BCUT2D eigenvalue weighted by Gasteiger charge is -2.23. The van der Waals surface area contributed by atoms with Crippen molar-refractivity contribution in [3.05, 3.63) is 59.1 Å². The van der Waals surface area contributed by atoms with Crippen molar-refractivity contribution in [3.63, 3.8) is 0 Å². The minimum Gasteiger partial charge on any atom is -0.395 e. The molecule has 2 aromatic carbocycles. The highest BCUT2D eigenvalue weighted by atomic mass is 35.5. The van der Waals surface area contributed by atoms with Crippen molar-refractivity contribution in [1.82, 2.24) is 14.8 Å². The Kier molecular flexibility index (Phi) is 4.97. The Labute approximate surface area is 166 Å². The standard InChI is InChI=1S/C20H19ClFN3OS/c1-20(12-26)11-18-23-24-19(25(18)7-8-27-20)16-6-5-14(10-17(16)22)13-3-2-4-15(21)9-13/h2-6,9-10,26H,7-8,11-12H2,1H3. The molecule has 0 amide bonds. The molecule has 1 N–H and O–H groups in total. The highest BCUT2D eigenvalue weighted by Crippen LogP contribution is 2.34. The molecule has 3 aromatic rings. The van der Waals surface area contributed by atoms with Gasteiger partial charge in [-0.05, 0) is 42.3 Å². The summed E-state index contributed by atoms with van der Waals surface area (Å²) >= 11 is 7.75. The van der Waals surface area contributed by atoms with Crippen LogP contribution < -0.4 is 0 Å². The molecular formula is C20H19ClFN3OS. The van der Waals surface area contributed by atoms with Gasteiger partial charge in [0.15, 0.2) is 5.82 Å². The van der Waals surface area contributed by atoms with E-state index in [1.165, 1.54) is 6.07 Å². The second-order valence-corrected chi connectivity index (χ2v) is 9.05. The summed E-state index contributed by atoms with van der Waals surface area (Å²) in [5, 5.41) is 18.8. The number of fused-ring (bicyclic) bond motifs is 1. The quantitative estimate of drug-likeness (QED) is 0.702. The van der Waals surface area contributed by atoms with E-state index in [4.69, 9.17) is 11.6 Å². The summed E-state index contributed by atoms with van der Waals surface area (Å²) in [6.07, 6.45) is 0.601. The van der Waals surface area contributed by atoms with Crippen LogP contribution in [0.5, 0.6) is 0 Å². The molecule has 0 saturated carbocycles. The largest absolute Gasteiger partial charge is 0.395 e. The van der Waals surface area contributed by atoms with E-state index < -0.39 is 0 Å². The van der Waals surface area contributed by atoms with Crippen molar-refractivity contribution < 1.29 is 9.50 Å². The molecule has 4 rings (SSSR count). The fourth-order valence-electron chi connectivity index (χ4n) is 3.31. The van der Waals surface area contributed by atoms with E-state index in [-0.39, 0.29) is 17.2 Å². The summed E-state index contributed by atoms with van der Waals surface area (Å²) in [6.45, 7) is 2.78. The first kappa shape index (κ1) is 18.5. The van der Waals surface area contributed by atoms with Gasteiger partial charge in [-0.2, -0.15) is 11.8 Å². The first-order chi connectivity index (χ1) is 13.0. The van der Waals surface area contributed by atoms with Gasteiger partial charge >= 0.3 is 0 Å². The highest BCUT2D eigenvalue weighted by molar-refractivity contribution is 8.00. The molecular weight excluding hydrogens is 385 g/mol. The van der Waals surface area contributed by atoms with Gasteiger partial charge in [-0.3, -0.25) is 0 Å². The summed E-state index contributed by atoms with van der Waals surface area (Å²) in [5.74, 6) is 1.79. The molecule has 0 radical (unpaired) electrons. The second-order valence-electron chi connectivity index (χ2n) is 6.93. The minimum atomic E-state index is -0.343. The zero-order valence-corrected chi connectivity index (χ0v) is 16.4. The van der Waals surface area contributed by atoms with E-state index in [1.807, 2.05) is 35.8 Å². The fourth-order valence-corrected chi connectivity index (χ4v) is 4.59. The average molecular weight is 404 g/mol. The molecule has 1 unspecified atom stereocenters. The van der Waals surface area contributed by atoms with Gasteiger partial charge in [0, 0.05) is 28.5 Å². The van der Waals surface area contributed by atoms with Crippen LogP contribution in [0.3, 0.4) is 0 Å². The molecule has 0 saturated heterocycles. The van der Waals surface area contributed by atoms with E-state index in [1.54, 1.807) is 23.9 Å². The molecule has 140 valence electrons. The van der Waals surface area contributed by atoms with Crippen LogP contribution in [-0.2, 0) is 13.0 Å². The third-order valence-electron chi connectivity index (χ3n) is 4.83. The van der Waals surface area contributed by atoms with Crippen LogP contribution in [0.2, 0.25) is 5.02 Å². The zero-order chi connectivity index (χ0) is 19.0. The van der Waals surface area contributed by atoms with Crippen LogP contribution in [0.1, 0.15) is 12.7 Å². The number of halogens is 2. The Morgan fingerprint density at radius 2 is 2.04 bits per heavy atom. The molecule has 0 bridgehead atoms. The van der Waals surface area contributed by atoms with Crippen LogP contribution in [0.25, 0.3) is 22.5 Å². The summed E-state index contributed by atoms with van der Waals surface area (Å²) in [5.41, 5.74) is 2.05. The molecule has 2 heterocycles. The van der Waals surface area contributed by atoms with Crippen LogP contribution in [0.15, 0.2) is 42.5 Å². The molecule has 1 aliphatic rings. The Balaban J connectivity index is 1.71. The maximum atomic E-state index is 14.9. The molecule has 1 aromatic heterocycles. The average Bonchev–Trinajstić information content (AvgIpc) is 2.95. The number of thioether (sulfide) groups is 1. The number of hydrogen-bond acceptors (Lipinski definition) is 4. The Hall–Kier alpha value is -1.89. The van der Waals surface area contributed by atoms with Crippen molar-refractivity contribution in [2.45, 2.75) is 24.6 Å². The van der Waals surface area contributed by atoms with Crippen LogP contribution in [-0.4, -0.2) is 37.0 Å². The van der Waals surface area contributed by atoms with Gasteiger partial charge in [-0.25, -0.2) is 4.39 Å². The van der Waals surface area contributed by atoms with E-state index in [0.29, 0.717) is 29.4 Å². The first-order valence-corrected chi connectivity index (χ1v) is 10.1. The van der Waals surface area contributed by atoms with E-state index >= 15 is 0 Å². The predicted octanol–water partition coefficient (Wildman–Crippen LogP) is 4.44. The van der Waals surface area contributed by atoms with Crippen molar-refractivity contribution >= 4 is 23.4 Å². The Morgan fingerprint density at radius 3 is 2.78 bits per heavy atom. The summed E-state index contributed by atoms with van der Waals surface area (Å²) in [6, 6.07) is 12.5. The van der Waals surface area contributed by atoms with E-state index in [9.17, 15) is 9.50 Å². The lowest BCUT2D eigenvalue weighted by molar-refractivity contribution is 0.254. The third-order valence-corrected chi connectivity index (χ3v) is 6.42. The minimum absolute atomic E-state index is 0.0720. The van der Waals surface area contributed by atoms with Gasteiger partial charge in [-0.1, -0.05) is 29.8 Å². The van der Waals surface area contributed by atoms with Crippen molar-refractivity contribution in [2.24, 2.45) is 0 Å². The summed E-state index contributed by atoms with van der Waals surface area (Å²) in [4.78, 5) is 0. The van der Waals surface area contributed by atoms with Gasteiger partial charge < -0.3 is 9.67 Å². The van der Waals surface area contributed by atoms with Gasteiger partial charge in [0.05, 0.1) is 12.2 Å². The first-order valence-electron chi connectivity index (χ1n) is 8.72. The topological polar surface area (TPSA) is 50.9 Å². The Bertz CT molecular complexity index is 993. The number of rotatable bonds is 3. The molecule has 0 fully saturated rings. The zero-order valence-electron chi connectivity index (χ0n) is 14.8. The molecule has 4 nitrogen and oxygen atoms in total. The highest BCUT2D eigenvalue weighted by Gasteiger charge is 2.31. The number of aromatic nitrogens is 3. The third kappa shape index (κ3) is 3.61. The van der Waals surface area contributed by atoms with Crippen molar-refractivity contribution in [1.29, 1.82) is 0 Å². The molecule has 1 atom stereocenters. The second kappa shape index (κ2) is 7.26. The number of aliphatic hydroxyl groups excluding tert-OH is 1. The van der Waals surface area contributed by atoms with Crippen LogP contribution >= 0.6 is 23.4 Å². The SMILES string of the molecule is CC1(CO)Cc2nnc(-c3ccc(-c4cccc(Cl)c4)cc3F)n2CCS1. The van der Waals surface area contributed by atoms with E-state index in [2.05, 4.69) is 10.2 Å². The van der Waals surface area contributed by atoms with Crippen LogP contribution in [0.4, 0.5) is 4.39 Å². The number of benzene rings is 2. The normalized spacial score (nSPS) is 19.6. The smallest absolute Gasteiger partial charge is 0.166 e.